The summed E-state index contributed by atoms with van der Waals surface area (Å²) in [5.74, 6) is -1.72. The first-order chi connectivity index (χ1) is 13.0. The molecule has 0 radical (unpaired) electrons. The van der Waals surface area contributed by atoms with E-state index in [0.717, 1.165) is 10.4 Å². The van der Waals surface area contributed by atoms with Gasteiger partial charge in [-0.25, -0.2) is 4.39 Å². The van der Waals surface area contributed by atoms with Crippen LogP contribution in [0.25, 0.3) is 10.4 Å². The van der Waals surface area contributed by atoms with Gasteiger partial charge in [-0.05, 0) is 41.3 Å². The average Bonchev–Trinajstić information content (AvgIpc) is 3.36. The zero-order valence-electron chi connectivity index (χ0n) is 13.8. The van der Waals surface area contributed by atoms with Crippen molar-refractivity contribution in [2.24, 2.45) is 0 Å². The smallest absolute Gasteiger partial charge is 0.279 e. The first kappa shape index (κ1) is 18.7. The number of amides is 3. The number of thiophene rings is 2. The lowest BCUT2D eigenvalue weighted by Gasteiger charge is -2.07. The zero-order chi connectivity index (χ0) is 19.2. The van der Waals surface area contributed by atoms with E-state index in [1.165, 1.54) is 34.8 Å². The summed E-state index contributed by atoms with van der Waals surface area (Å²) in [6, 6.07) is 12.7. The van der Waals surface area contributed by atoms with Gasteiger partial charge in [-0.1, -0.05) is 18.2 Å². The van der Waals surface area contributed by atoms with Crippen LogP contribution in [0, 0.1) is 5.82 Å². The fraction of sp³-hybridized carbons (Fsp3) is 0.0556. The summed E-state index contributed by atoms with van der Waals surface area (Å²) in [5, 5.41) is 4.22. The topological polar surface area (TPSA) is 87.3 Å². The third kappa shape index (κ3) is 4.99. The van der Waals surface area contributed by atoms with Crippen LogP contribution in [0.4, 0.5) is 4.39 Å². The van der Waals surface area contributed by atoms with Crippen molar-refractivity contribution in [3.8, 4) is 10.4 Å². The highest BCUT2D eigenvalue weighted by molar-refractivity contribution is 7.17. The van der Waals surface area contributed by atoms with Crippen LogP contribution in [0.3, 0.4) is 0 Å². The number of carbonyl (C=O) groups excluding carboxylic acids is 3. The van der Waals surface area contributed by atoms with Crippen molar-refractivity contribution in [2.75, 3.05) is 6.54 Å². The number of nitrogens with one attached hydrogen (secondary N) is 3. The lowest BCUT2D eigenvalue weighted by Crippen LogP contribution is -2.46. The van der Waals surface area contributed by atoms with Crippen molar-refractivity contribution in [1.29, 1.82) is 0 Å². The Labute approximate surface area is 162 Å². The highest BCUT2D eigenvalue weighted by Crippen LogP contribution is 2.28. The molecule has 0 aliphatic carbocycles. The summed E-state index contributed by atoms with van der Waals surface area (Å²) in [5.41, 5.74) is 5.33. The Morgan fingerprint density at radius 2 is 1.67 bits per heavy atom. The molecule has 27 heavy (non-hydrogen) atoms. The molecule has 1 aromatic carbocycles. The third-order valence-corrected chi connectivity index (χ3v) is 5.43. The third-order valence-electron chi connectivity index (χ3n) is 3.43. The molecule has 0 fully saturated rings. The van der Waals surface area contributed by atoms with Gasteiger partial charge in [-0.3, -0.25) is 25.2 Å². The molecule has 0 aliphatic rings. The van der Waals surface area contributed by atoms with Crippen LogP contribution in [-0.2, 0) is 4.79 Å². The molecular formula is C18H14FN3O3S2. The Bertz CT molecular complexity index is 953. The molecule has 9 heteroatoms. The van der Waals surface area contributed by atoms with Crippen LogP contribution in [0.1, 0.15) is 19.3 Å². The molecule has 138 valence electrons. The van der Waals surface area contributed by atoms with E-state index in [1.807, 2.05) is 0 Å². The van der Waals surface area contributed by atoms with E-state index in [9.17, 15) is 18.8 Å². The average molecular weight is 403 g/mol. The standard InChI is InChI=1S/C18H14FN3O3S2/c19-12-5-3-11(4-6-12)13-7-8-15(27-13)18(25)22-21-16(23)10-20-17(24)14-2-1-9-26-14/h1-9H,10H2,(H,20,24)(H,21,23)(H,22,25). The normalized spacial score (nSPS) is 10.3. The number of hydrogen-bond donors (Lipinski definition) is 3. The molecule has 0 unspecified atom stereocenters. The van der Waals surface area contributed by atoms with E-state index in [4.69, 9.17) is 0 Å². The SMILES string of the molecule is O=C(CNC(=O)c1cccs1)NNC(=O)c1ccc(-c2ccc(F)cc2)s1. The molecule has 0 atom stereocenters. The quantitative estimate of drug-likeness (QED) is 0.573. The molecular weight excluding hydrogens is 389 g/mol. The van der Waals surface area contributed by atoms with Gasteiger partial charge in [0.05, 0.1) is 16.3 Å². The zero-order valence-corrected chi connectivity index (χ0v) is 15.5. The van der Waals surface area contributed by atoms with E-state index >= 15 is 0 Å². The highest BCUT2D eigenvalue weighted by Gasteiger charge is 2.12. The van der Waals surface area contributed by atoms with E-state index in [-0.39, 0.29) is 18.3 Å². The summed E-state index contributed by atoms with van der Waals surface area (Å²) in [6.07, 6.45) is 0. The summed E-state index contributed by atoms with van der Waals surface area (Å²) in [4.78, 5) is 37.3. The maximum Gasteiger partial charge on any atom is 0.279 e. The molecule has 3 rings (SSSR count). The molecule has 0 spiro atoms. The number of hydrogen-bond acceptors (Lipinski definition) is 5. The van der Waals surface area contributed by atoms with Gasteiger partial charge in [0.2, 0.25) is 0 Å². The Hall–Kier alpha value is -3.04. The second-order valence-electron chi connectivity index (χ2n) is 5.33. The summed E-state index contributed by atoms with van der Waals surface area (Å²) < 4.78 is 13.0. The van der Waals surface area contributed by atoms with Crippen molar-refractivity contribution in [1.82, 2.24) is 16.2 Å². The van der Waals surface area contributed by atoms with Crippen molar-refractivity contribution >= 4 is 40.4 Å². The lowest BCUT2D eigenvalue weighted by molar-refractivity contribution is -0.120. The van der Waals surface area contributed by atoms with Gasteiger partial charge in [0.1, 0.15) is 5.82 Å². The Kier molecular flexibility index (Phi) is 5.94. The van der Waals surface area contributed by atoms with Crippen molar-refractivity contribution in [3.63, 3.8) is 0 Å². The van der Waals surface area contributed by atoms with Crippen LogP contribution < -0.4 is 16.2 Å². The van der Waals surface area contributed by atoms with Crippen LogP contribution in [0.15, 0.2) is 53.9 Å². The molecule has 6 nitrogen and oxygen atoms in total. The second kappa shape index (κ2) is 8.56. The summed E-state index contributed by atoms with van der Waals surface area (Å²) >= 11 is 2.48. The van der Waals surface area contributed by atoms with Crippen LogP contribution in [-0.4, -0.2) is 24.3 Å². The fourth-order valence-electron chi connectivity index (χ4n) is 2.12. The van der Waals surface area contributed by atoms with E-state index in [0.29, 0.717) is 9.75 Å². The van der Waals surface area contributed by atoms with Crippen molar-refractivity contribution in [3.05, 3.63) is 69.5 Å². The maximum atomic E-state index is 13.0. The van der Waals surface area contributed by atoms with Gasteiger partial charge in [-0.2, -0.15) is 0 Å². The summed E-state index contributed by atoms with van der Waals surface area (Å²) in [6.45, 7) is -0.262. The fourth-order valence-corrected chi connectivity index (χ4v) is 3.66. The van der Waals surface area contributed by atoms with Gasteiger partial charge in [0, 0.05) is 4.88 Å². The number of carbonyl (C=O) groups is 3. The number of hydrazine groups is 1. The second-order valence-corrected chi connectivity index (χ2v) is 7.36. The Morgan fingerprint density at radius 3 is 2.37 bits per heavy atom. The van der Waals surface area contributed by atoms with Gasteiger partial charge in [0.25, 0.3) is 17.7 Å². The van der Waals surface area contributed by atoms with Crippen molar-refractivity contribution in [2.45, 2.75) is 0 Å². The van der Waals surface area contributed by atoms with Gasteiger partial charge in [-0.15, -0.1) is 22.7 Å². The Balaban J connectivity index is 1.48. The predicted molar refractivity (Wildman–Crippen MR) is 102 cm³/mol. The number of halogens is 1. The molecule has 2 heterocycles. The minimum absolute atomic E-state index is 0.262. The van der Waals surface area contributed by atoms with E-state index in [1.54, 1.807) is 41.8 Å². The van der Waals surface area contributed by atoms with Gasteiger partial charge < -0.3 is 5.32 Å². The largest absolute Gasteiger partial charge is 0.342 e. The highest BCUT2D eigenvalue weighted by atomic mass is 32.1. The first-order valence-electron chi connectivity index (χ1n) is 7.79. The molecule has 0 saturated heterocycles. The molecule has 3 aromatic rings. The minimum Gasteiger partial charge on any atom is -0.342 e. The number of benzene rings is 1. The molecule has 3 N–H and O–H groups in total. The van der Waals surface area contributed by atoms with E-state index < -0.39 is 11.8 Å². The maximum absolute atomic E-state index is 13.0. The van der Waals surface area contributed by atoms with Gasteiger partial charge in [0.15, 0.2) is 0 Å². The van der Waals surface area contributed by atoms with Crippen LogP contribution >= 0.6 is 22.7 Å². The first-order valence-corrected chi connectivity index (χ1v) is 9.49. The Morgan fingerprint density at radius 1 is 0.889 bits per heavy atom. The minimum atomic E-state index is -0.552. The van der Waals surface area contributed by atoms with Crippen LogP contribution in [0.5, 0.6) is 0 Å². The van der Waals surface area contributed by atoms with Crippen molar-refractivity contribution < 1.29 is 18.8 Å². The monoisotopic (exact) mass is 403 g/mol. The number of rotatable bonds is 5. The molecule has 0 bridgehead atoms. The van der Waals surface area contributed by atoms with Crippen LogP contribution in [0.2, 0.25) is 0 Å². The lowest BCUT2D eigenvalue weighted by atomic mass is 10.2. The van der Waals surface area contributed by atoms with E-state index in [2.05, 4.69) is 16.2 Å². The van der Waals surface area contributed by atoms with Gasteiger partial charge >= 0.3 is 0 Å². The molecule has 2 aromatic heterocycles. The molecule has 0 aliphatic heterocycles. The predicted octanol–water partition coefficient (Wildman–Crippen LogP) is 2.81. The molecule has 3 amide bonds. The molecule has 0 saturated carbocycles. The summed E-state index contributed by atoms with van der Waals surface area (Å²) in [7, 11) is 0.